The Kier molecular flexibility index (Phi) is 16.3. The van der Waals surface area contributed by atoms with Crippen LogP contribution in [0.15, 0.2) is 376 Å². The zero-order chi connectivity index (χ0) is 66.6. The lowest BCUT2D eigenvalue weighted by molar-refractivity contribution is 1.18. The second kappa shape index (κ2) is 27.0. The van der Waals surface area contributed by atoms with Crippen LogP contribution in [-0.4, -0.2) is 29.9 Å². The summed E-state index contributed by atoms with van der Waals surface area (Å²) in [5.74, 6) is 1.42. The molecular formula is C94H62N6. The molecule has 14 aromatic carbocycles. The molecule has 18 rings (SSSR count). The number of aromatic nitrogens is 6. The topological polar surface area (TPSA) is 77.3 Å². The summed E-state index contributed by atoms with van der Waals surface area (Å²) in [7, 11) is 0. The maximum Gasteiger partial charge on any atom is 0.160 e. The molecule has 0 N–H and O–H groups in total. The van der Waals surface area contributed by atoms with E-state index in [-0.39, 0.29) is 0 Å². The lowest BCUT2D eigenvalue weighted by atomic mass is 9.92. The van der Waals surface area contributed by atoms with E-state index < -0.39 is 0 Å². The second-order valence-electron chi connectivity index (χ2n) is 24.9. The van der Waals surface area contributed by atoms with Crippen molar-refractivity contribution in [1.82, 2.24) is 29.9 Å². The van der Waals surface area contributed by atoms with Crippen molar-refractivity contribution in [2.75, 3.05) is 0 Å². The van der Waals surface area contributed by atoms with Crippen molar-refractivity contribution >= 4 is 43.4 Å². The third-order valence-electron chi connectivity index (χ3n) is 18.7. The van der Waals surface area contributed by atoms with E-state index >= 15 is 0 Å². The average Bonchev–Trinajstić information content (AvgIpc) is 0.784. The second-order valence-corrected chi connectivity index (χ2v) is 24.9. The lowest BCUT2D eigenvalue weighted by Gasteiger charge is -2.13. The van der Waals surface area contributed by atoms with Crippen molar-refractivity contribution in [3.8, 4) is 135 Å². The molecule has 0 saturated heterocycles. The predicted molar refractivity (Wildman–Crippen MR) is 415 cm³/mol. The molecule has 0 aliphatic rings. The number of nitrogens with zero attached hydrogens (tertiary/aromatic N) is 6. The van der Waals surface area contributed by atoms with Gasteiger partial charge in [0.1, 0.15) is 0 Å². The maximum absolute atomic E-state index is 5.02. The van der Waals surface area contributed by atoms with E-state index in [9.17, 15) is 0 Å². The fourth-order valence-corrected chi connectivity index (χ4v) is 13.6. The molecule has 0 bridgehead atoms. The molecule has 0 spiro atoms. The SMILES string of the molecule is c1ccc(-c2cc(-c3ccccc3)nc(-c3ccc(-c4cccc5c(-c6ccc(-c7cccc8cccnc78)cc6)cccc45)cc3)n2)cc1.c1ccc(-c2cc(-c3ccccc3)nc(-c3ccc(-c4cccc5c(-c6ccc(-c7cnc8ccccc8c7)cc6)cccc45)cc3)n2)cc1. The van der Waals surface area contributed by atoms with Crippen molar-refractivity contribution in [3.63, 3.8) is 0 Å². The molecule has 0 saturated carbocycles. The van der Waals surface area contributed by atoms with Crippen molar-refractivity contribution in [2.24, 2.45) is 0 Å². The smallest absolute Gasteiger partial charge is 0.160 e. The Morgan fingerprint density at radius 2 is 0.490 bits per heavy atom. The minimum absolute atomic E-state index is 0.708. The van der Waals surface area contributed by atoms with Gasteiger partial charge in [-0.25, -0.2) is 19.9 Å². The van der Waals surface area contributed by atoms with E-state index in [0.717, 1.165) is 111 Å². The number of pyridine rings is 2. The summed E-state index contributed by atoms with van der Waals surface area (Å²) in [6.45, 7) is 0. The summed E-state index contributed by atoms with van der Waals surface area (Å²) >= 11 is 0. The zero-order valence-electron chi connectivity index (χ0n) is 54.5. The molecule has 4 heterocycles. The normalized spacial score (nSPS) is 11.2. The van der Waals surface area contributed by atoms with Crippen LogP contribution in [0.3, 0.4) is 0 Å². The molecule has 0 aliphatic carbocycles. The van der Waals surface area contributed by atoms with Gasteiger partial charge in [0, 0.05) is 67.7 Å². The number of hydrogen-bond donors (Lipinski definition) is 0. The first-order chi connectivity index (χ1) is 49.5. The summed E-state index contributed by atoms with van der Waals surface area (Å²) in [5, 5.41) is 7.17. The first kappa shape index (κ1) is 60.3. The summed E-state index contributed by atoms with van der Waals surface area (Å²) < 4.78 is 0. The zero-order valence-corrected chi connectivity index (χ0v) is 54.5. The molecule has 6 heteroatoms. The van der Waals surface area contributed by atoms with Gasteiger partial charge in [0.15, 0.2) is 11.6 Å². The molecule has 4 aromatic heterocycles. The van der Waals surface area contributed by atoms with E-state index in [4.69, 9.17) is 19.9 Å². The van der Waals surface area contributed by atoms with E-state index in [1.165, 1.54) is 54.9 Å². The molecule has 0 amide bonds. The number of para-hydroxylation sites is 2. The summed E-state index contributed by atoms with van der Waals surface area (Å²) in [5.41, 5.74) is 25.9. The Balaban J connectivity index is 0.000000150. The van der Waals surface area contributed by atoms with Gasteiger partial charge in [-0.1, -0.05) is 334 Å². The monoisotopic (exact) mass is 1270 g/mol. The van der Waals surface area contributed by atoms with E-state index in [1.807, 2.05) is 103 Å². The van der Waals surface area contributed by atoms with Gasteiger partial charge in [-0.15, -0.1) is 0 Å². The minimum Gasteiger partial charge on any atom is -0.256 e. The minimum atomic E-state index is 0.708. The van der Waals surface area contributed by atoms with Crippen LogP contribution in [-0.2, 0) is 0 Å². The first-order valence-electron chi connectivity index (χ1n) is 33.7. The maximum atomic E-state index is 5.02. The van der Waals surface area contributed by atoms with Crippen molar-refractivity contribution < 1.29 is 0 Å². The molecule has 0 unspecified atom stereocenters. The highest BCUT2D eigenvalue weighted by atomic mass is 14.9. The molecule has 0 aliphatic heterocycles. The van der Waals surface area contributed by atoms with Crippen molar-refractivity contribution in [1.29, 1.82) is 0 Å². The van der Waals surface area contributed by atoms with Gasteiger partial charge in [0.05, 0.1) is 33.8 Å². The van der Waals surface area contributed by atoms with Crippen molar-refractivity contribution in [2.45, 2.75) is 0 Å². The van der Waals surface area contributed by atoms with Crippen LogP contribution in [0.25, 0.3) is 178 Å². The summed E-state index contributed by atoms with van der Waals surface area (Å²) in [6.07, 6.45) is 3.82. The van der Waals surface area contributed by atoms with E-state index in [2.05, 4.69) is 283 Å². The Hall–Kier alpha value is -13.4. The fourth-order valence-electron chi connectivity index (χ4n) is 13.6. The molecule has 18 aromatic rings. The van der Waals surface area contributed by atoms with Crippen LogP contribution < -0.4 is 0 Å². The number of benzene rings is 14. The number of hydrogen-bond acceptors (Lipinski definition) is 6. The first-order valence-corrected chi connectivity index (χ1v) is 33.7. The third-order valence-corrected chi connectivity index (χ3v) is 18.7. The molecule has 0 radical (unpaired) electrons. The largest absolute Gasteiger partial charge is 0.256 e. The van der Waals surface area contributed by atoms with Crippen LogP contribution in [0.4, 0.5) is 0 Å². The van der Waals surface area contributed by atoms with Crippen molar-refractivity contribution in [3.05, 3.63) is 376 Å². The quantitative estimate of drug-likeness (QED) is 0.121. The predicted octanol–water partition coefficient (Wildman–Crippen LogP) is 24.4. The number of rotatable bonds is 12. The standard InChI is InChI=1S/2C47H31N3/c1-3-11-35(12-4-1)44-31-45(36-13-5-2-6-14-36)50-47(49-44)38-28-26-33(27-29-38)40-18-9-20-42-39(17-8-21-43(40)42)32-22-24-34(25-23-32)41-19-7-15-37-16-10-30-48-46(37)41;1-3-11-35(12-4-1)45-30-46(36-13-5-2-6-14-36)50-47(49-45)37-27-25-34(26-28-37)41-17-10-18-42-40(16-9-19-43(41)42)33-23-21-32(22-24-33)39-29-38-15-7-8-20-44(38)48-31-39/h2*1-31H. The van der Waals surface area contributed by atoms with Crippen LogP contribution in [0.1, 0.15) is 0 Å². The highest BCUT2D eigenvalue weighted by Crippen LogP contribution is 2.40. The van der Waals surface area contributed by atoms with Gasteiger partial charge in [-0.3, -0.25) is 9.97 Å². The highest BCUT2D eigenvalue weighted by molar-refractivity contribution is 6.06. The van der Waals surface area contributed by atoms with E-state index in [1.54, 1.807) is 0 Å². The molecule has 0 fully saturated rings. The summed E-state index contributed by atoms with van der Waals surface area (Å²) in [4.78, 5) is 29.4. The van der Waals surface area contributed by atoms with Gasteiger partial charge < -0.3 is 0 Å². The van der Waals surface area contributed by atoms with Crippen LogP contribution in [0, 0.1) is 0 Å². The Bertz CT molecular complexity index is 5840. The van der Waals surface area contributed by atoms with Gasteiger partial charge in [-0.05, 0) is 108 Å². The lowest BCUT2D eigenvalue weighted by Crippen LogP contribution is -1.96. The summed E-state index contributed by atoms with van der Waals surface area (Å²) in [6, 6.07) is 128. The third kappa shape index (κ3) is 12.3. The molecular weight excluding hydrogens is 1210 g/mol. The van der Waals surface area contributed by atoms with Crippen LogP contribution >= 0.6 is 0 Å². The molecule has 0 atom stereocenters. The average molecular weight is 1280 g/mol. The van der Waals surface area contributed by atoms with Gasteiger partial charge in [0.2, 0.25) is 0 Å². The van der Waals surface area contributed by atoms with Gasteiger partial charge in [-0.2, -0.15) is 0 Å². The van der Waals surface area contributed by atoms with Gasteiger partial charge in [0.25, 0.3) is 0 Å². The molecule has 6 nitrogen and oxygen atoms in total. The van der Waals surface area contributed by atoms with Gasteiger partial charge >= 0.3 is 0 Å². The Morgan fingerprint density at radius 1 is 0.180 bits per heavy atom. The van der Waals surface area contributed by atoms with Crippen LogP contribution in [0.5, 0.6) is 0 Å². The molecule has 100 heavy (non-hydrogen) atoms. The number of fused-ring (bicyclic) bond motifs is 4. The fraction of sp³-hybridized carbons (Fsp3) is 0. The van der Waals surface area contributed by atoms with Crippen LogP contribution in [0.2, 0.25) is 0 Å². The van der Waals surface area contributed by atoms with E-state index in [0.29, 0.717) is 11.6 Å². The highest BCUT2D eigenvalue weighted by Gasteiger charge is 2.17. The Labute approximate surface area is 580 Å². The molecule has 468 valence electrons. The Morgan fingerprint density at radius 3 is 0.890 bits per heavy atom.